The van der Waals surface area contributed by atoms with E-state index in [4.69, 9.17) is 4.74 Å². The van der Waals surface area contributed by atoms with E-state index < -0.39 is 5.97 Å². The second-order valence-corrected chi connectivity index (χ2v) is 3.89. The molecule has 1 aromatic carbocycles. The Balaban J connectivity index is 2.31. The van der Waals surface area contributed by atoms with Gasteiger partial charge in [0.05, 0.1) is 6.61 Å². The first-order chi connectivity index (χ1) is 9.24. The molecule has 0 saturated heterocycles. The van der Waals surface area contributed by atoms with Gasteiger partial charge in [-0.1, -0.05) is 24.3 Å². The normalized spacial score (nSPS) is 9.95. The van der Waals surface area contributed by atoms with Crippen molar-refractivity contribution in [2.45, 2.75) is 6.92 Å². The predicted molar refractivity (Wildman–Crippen MR) is 71.0 cm³/mol. The highest BCUT2D eigenvalue weighted by Gasteiger charge is 2.09. The van der Waals surface area contributed by atoms with Crippen molar-refractivity contribution in [3.63, 3.8) is 0 Å². The average molecular weight is 255 g/mol. The number of carbonyl (C=O) groups excluding carboxylic acids is 2. The number of pyridine rings is 1. The fraction of sp³-hybridized carbons (Fsp3) is 0.133. The topological polar surface area (TPSA) is 56.3 Å². The van der Waals surface area contributed by atoms with Gasteiger partial charge in [0.25, 0.3) is 0 Å². The lowest BCUT2D eigenvalue weighted by Crippen LogP contribution is -2.06. The number of rotatable bonds is 4. The zero-order valence-electron chi connectivity index (χ0n) is 10.5. The summed E-state index contributed by atoms with van der Waals surface area (Å²) < 4.78 is 4.91. The molecule has 0 bridgehead atoms. The summed E-state index contributed by atoms with van der Waals surface area (Å²) in [7, 11) is 0. The number of aromatic nitrogens is 1. The molecule has 2 rings (SSSR count). The lowest BCUT2D eigenvalue weighted by molar-refractivity contribution is 0.0519. The zero-order chi connectivity index (χ0) is 13.7. The van der Waals surface area contributed by atoms with E-state index in [1.165, 1.54) is 0 Å². The maximum Gasteiger partial charge on any atom is 0.356 e. The molecule has 2 aromatic rings. The largest absolute Gasteiger partial charge is 0.461 e. The lowest BCUT2D eigenvalue weighted by Gasteiger charge is -2.04. The van der Waals surface area contributed by atoms with Gasteiger partial charge >= 0.3 is 5.97 Å². The van der Waals surface area contributed by atoms with Crippen LogP contribution < -0.4 is 0 Å². The third kappa shape index (κ3) is 3.04. The fourth-order valence-electron chi connectivity index (χ4n) is 1.68. The van der Waals surface area contributed by atoms with Crippen molar-refractivity contribution in [3.8, 4) is 11.1 Å². The van der Waals surface area contributed by atoms with Gasteiger partial charge in [-0.3, -0.25) is 4.79 Å². The summed E-state index contributed by atoms with van der Waals surface area (Å²) in [5.41, 5.74) is 2.66. The summed E-state index contributed by atoms with van der Waals surface area (Å²) in [5, 5.41) is 0. The molecular weight excluding hydrogens is 242 g/mol. The number of hydrogen-bond donors (Lipinski definition) is 0. The van der Waals surface area contributed by atoms with Crippen molar-refractivity contribution in [2.75, 3.05) is 6.61 Å². The summed E-state index contributed by atoms with van der Waals surface area (Å²) in [6.07, 6.45) is 2.36. The van der Waals surface area contributed by atoms with Crippen LogP contribution in [0.2, 0.25) is 0 Å². The van der Waals surface area contributed by atoms with Crippen LogP contribution in [0, 0.1) is 0 Å². The van der Waals surface area contributed by atoms with Crippen LogP contribution in [0.5, 0.6) is 0 Å². The maximum absolute atomic E-state index is 11.6. The second-order valence-electron chi connectivity index (χ2n) is 3.89. The summed E-state index contributed by atoms with van der Waals surface area (Å²) in [4.78, 5) is 26.2. The number of carbonyl (C=O) groups is 2. The molecule has 0 spiro atoms. The number of aldehydes is 1. The molecule has 0 atom stereocenters. The lowest BCUT2D eigenvalue weighted by atomic mass is 10.0. The minimum Gasteiger partial charge on any atom is -0.461 e. The van der Waals surface area contributed by atoms with Gasteiger partial charge in [0.2, 0.25) is 0 Å². The Morgan fingerprint density at radius 1 is 1.21 bits per heavy atom. The van der Waals surface area contributed by atoms with Crippen LogP contribution in [-0.2, 0) is 4.74 Å². The molecule has 1 aromatic heterocycles. The first-order valence-corrected chi connectivity index (χ1v) is 5.93. The van der Waals surface area contributed by atoms with Crippen LogP contribution in [-0.4, -0.2) is 23.8 Å². The highest BCUT2D eigenvalue weighted by atomic mass is 16.5. The van der Waals surface area contributed by atoms with Crippen molar-refractivity contribution in [2.24, 2.45) is 0 Å². The molecule has 0 aliphatic carbocycles. The molecule has 0 N–H and O–H groups in total. The third-order valence-electron chi connectivity index (χ3n) is 2.62. The molecule has 4 nitrogen and oxygen atoms in total. The van der Waals surface area contributed by atoms with Crippen molar-refractivity contribution in [3.05, 3.63) is 53.9 Å². The molecular formula is C15H13NO3. The fourth-order valence-corrected chi connectivity index (χ4v) is 1.68. The Hall–Kier alpha value is -2.49. The molecule has 4 heteroatoms. The second kappa shape index (κ2) is 5.91. The van der Waals surface area contributed by atoms with Gasteiger partial charge in [-0.25, -0.2) is 9.78 Å². The van der Waals surface area contributed by atoms with Crippen molar-refractivity contribution >= 4 is 12.3 Å². The molecule has 0 radical (unpaired) electrons. The van der Waals surface area contributed by atoms with Crippen molar-refractivity contribution in [1.82, 2.24) is 4.98 Å². The van der Waals surface area contributed by atoms with Gasteiger partial charge in [0.1, 0.15) is 12.0 Å². The van der Waals surface area contributed by atoms with Crippen molar-refractivity contribution < 1.29 is 14.3 Å². The molecule has 0 fully saturated rings. The number of ether oxygens (including phenoxy) is 1. The van der Waals surface area contributed by atoms with Gasteiger partial charge in [-0.05, 0) is 30.2 Å². The SMILES string of the molecule is CCOC(=O)c1cc(-c2ccc(C=O)cc2)ccn1. The van der Waals surface area contributed by atoms with E-state index in [0.29, 0.717) is 12.2 Å². The quantitative estimate of drug-likeness (QED) is 0.622. The minimum absolute atomic E-state index is 0.277. The summed E-state index contributed by atoms with van der Waals surface area (Å²) in [6, 6.07) is 10.6. The van der Waals surface area contributed by atoms with Crippen LogP contribution in [0.4, 0.5) is 0 Å². The van der Waals surface area contributed by atoms with Crippen molar-refractivity contribution in [1.29, 1.82) is 0 Å². The molecule has 19 heavy (non-hydrogen) atoms. The minimum atomic E-state index is -0.436. The van der Waals surface area contributed by atoms with Crippen LogP contribution in [0.15, 0.2) is 42.6 Å². The molecule has 0 saturated carbocycles. The van der Waals surface area contributed by atoms with Crippen LogP contribution in [0.25, 0.3) is 11.1 Å². The average Bonchev–Trinajstić information content (AvgIpc) is 2.48. The van der Waals surface area contributed by atoms with Crippen LogP contribution in [0.3, 0.4) is 0 Å². The Morgan fingerprint density at radius 2 is 1.95 bits per heavy atom. The predicted octanol–water partition coefficient (Wildman–Crippen LogP) is 2.74. The van der Waals surface area contributed by atoms with Gasteiger partial charge < -0.3 is 4.74 Å². The molecule has 1 heterocycles. The van der Waals surface area contributed by atoms with E-state index in [1.807, 2.05) is 12.1 Å². The molecule has 96 valence electrons. The van der Waals surface area contributed by atoms with Crippen LogP contribution >= 0.6 is 0 Å². The molecule has 0 aliphatic rings. The Kier molecular flexibility index (Phi) is 4.03. The molecule has 0 aliphatic heterocycles. The smallest absolute Gasteiger partial charge is 0.356 e. The maximum atomic E-state index is 11.6. The number of nitrogens with zero attached hydrogens (tertiary/aromatic N) is 1. The molecule has 0 unspecified atom stereocenters. The van der Waals surface area contributed by atoms with Gasteiger partial charge in [-0.2, -0.15) is 0 Å². The van der Waals surface area contributed by atoms with E-state index in [0.717, 1.165) is 17.4 Å². The van der Waals surface area contributed by atoms with E-state index in [1.54, 1.807) is 37.4 Å². The van der Waals surface area contributed by atoms with E-state index in [-0.39, 0.29) is 5.69 Å². The van der Waals surface area contributed by atoms with E-state index in [2.05, 4.69) is 4.98 Å². The van der Waals surface area contributed by atoms with Crippen LogP contribution in [0.1, 0.15) is 27.8 Å². The van der Waals surface area contributed by atoms with Gasteiger partial charge in [0, 0.05) is 11.8 Å². The highest BCUT2D eigenvalue weighted by Crippen LogP contribution is 2.20. The first-order valence-electron chi connectivity index (χ1n) is 5.93. The zero-order valence-corrected chi connectivity index (χ0v) is 10.5. The molecule has 0 amide bonds. The van der Waals surface area contributed by atoms with Gasteiger partial charge in [0.15, 0.2) is 0 Å². The summed E-state index contributed by atoms with van der Waals surface area (Å²) in [6.45, 7) is 2.07. The van der Waals surface area contributed by atoms with E-state index >= 15 is 0 Å². The first kappa shape index (κ1) is 13.0. The monoisotopic (exact) mass is 255 g/mol. The number of esters is 1. The Labute approximate surface area is 111 Å². The summed E-state index contributed by atoms with van der Waals surface area (Å²) in [5.74, 6) is -0.436. The highest BCUT2D eigenvalue weighted by molar-refractivity contribution is 5.89. The standard InChI is InChI=1S/C15H13NO3/c1-2-19-15(18)14-9-13(7-8-16-14)12-5-3-11(10-17)4-6-12/h3-10H,2H2,1H3. The Bertz CT molecular complexity index is 591. The van der Waals surface area contributed by atoms with E-state index in [9.17, 15) is 9.59 Å². The summed E-state index contributed by atoms with van der Waals surface area (Å²) >= 11 is 0. The Morgan fingerprint density at radius 3 is 2.58 bits per heavy atom. The number of benzene rings is 1. The number of hydrogen-bond acceptors (Lipinski definition) is 4. The van der Waals surface area contributed by atoms with Gasteiger partial charge in [-0.15, -0.1) is 0 Å². The third-order valence-corrected chi connectivity index (χ3v) is 2.62.